The highest BCUT2D eigenvalue weighted by Gasteiger charge is 2.24. The van der Waals surface area contributed by atoms with E-state index >= 15 is 0 Å². The van der Waals surface area contributed by atoms with Gasteiger partial charge in [0.25, 0.3) is 0 Å². The van der Waals surface area contributed by atoms with Gasteiger partial charge in [-0.15, -0.1) is 11.3 Å². The van der Waals surface area contributed by atoms with Crippen molar-refractivity contribution in [1.29, 1.82) is 0 Å². The number of fused-ring (bicyclic) bond motifs is 8. The highest BCUT2D eigenvalue weighted by Crippen LogP contribution is 2.43. The van der Waals surface area contributed by atoms with Crippen LogP contribution >= 0.6 is 11.3 Å². The van der Waals surface area contributed by atoms with Crippen molar-refractivity contribution in [2.45, 2.75) is 24.7 Å². The molecule has 302 valence electrons. The fourth-order valence-corrected chi connectivity index (χ4v) is 11.0. The lowest BCUT2D eigenvalue weighted by atomic mass is 9.87. The number of allylic oxidation sites excluding steroid dienone is 5. The van der Waals surface area contributed by atoms with Gasteiger partial charge in [-0.2, -0.15) is 0 Å². The summed E-state index contributed by atoms with van der Waals surface area (Å²) in [6.45, 7) is 0. The van der Waals surface area contributed by atoms with Gasteiger partial charge < -0.3 is 4.42 Å². The van der Waals surface area contributed by atoms with Gasteiger partial charge in [0.05, 0.1) is 0 Å². The Balaban J connectivity index is 0.927. The Labute approximate surface area is 374 Å². The van der Waals surface area contributed by atoms with E-state index in [4.69, 9.17) is 19.4 Å². The summed E-state index contributed by atoms with van der Waals surface area (Å²) in [7, 11) is 0. The number of aromatic nitrogens is 3. The number of benzene rings is 8. The predicted molar refractivity (Wildman–Crippen MR) is 267 cm³/mol. The zero-order valence-electron chi connectivity index (χ0n) is 34.8. The van der Waals surface area contributed by atoms with E-state index in [1.807, 2.05) is 17.4 Å². The van der Waals surface area contributed by atoms with E-state index < -0.39 is 0 Å². The van der Waals surface area contributed by atoms with Crippen LogP contribution < -0.4 is 0 Å². The summed E-state index contributed by atoms with van der Waals surface area (Å²) >= 11 is 1.86. The molecule has 0 spiro atoms. The van der Waals surface area contributed by atoms with Crippen LogP contribution in [0.3, 0.4) is 0 Å². The largest absolute Gasteiger partial charge is 0.456 e. The van der Waals surface area contributed by atoms with Gasteiger partial charge >= 0.3 is 0 Å². The number of hydrogen-bond donors (Lipinski definition) is 0. The van der Waals surface area contributed by atoms with Gasteiger partial charge in [-0.1, -0.05) is 152 Å². The minimum absolute atomic E-state index is 0.0105. The summed E-state index contributed by atoms with van der Waals surface area (Å²) in [6, 6.07) is 60.7. The second kappa shape index (κ2) is 15.0. The standard InChI is InChI=1S/C59H39N3OS/c1-2-10-36(11-3-1)38-18-20-40(21-19-38)47-34-50(56-49-15-6-8-16-52(49)63-53(56)35-47)42-25-22-39-24-27-44(32-46(39)31-42)58-60-57(43-26-23-37-12-4-5-13-41(37)30-43)61-59(62-58)45-28-29-55-51(33-45)48-14-7-9-17-54(48)64-55/h1-18,20-32,34-35,38,45H,19,33H2. The first-order valence-corrected chi connectivity index (χ1v) is 22.8. The molecule has 0 aliphatic heterocycles. The molecule has 8 aromatic carbocycles. The molecular weight excluding hydrogens is 799 g/mol. The minimum Gasteiger partial charge on any atom is -0.456 e. The van der Waals surface area contributed by atoms with E-state index in [0.29, 0.717) is 17.6 Å². The number of rotatable bonds is 6. The normalized spacial score (nSPS) is 16.0. The third-order valence-electron chi connectivity index (χ3n) is 13.2. The van der Waals surface area contributed by atoms with Crippen molar-refractivity contribution in [1.82, 2.24) is 15.0 Å². The zero-order valence-corrected chi connectivity index (χ0v) is 35.6. The van der Waals surface area contributed by atoms with Crippen molar-refractivity contribution < 1.29 is 4.42 Å². The molecule has 64 heavy (non-hydrogen) atoms. The van der Waals surface area contributed by atoms with Gasteiger partial charge in [0.15, 0.2) is 11.6 Å². The fourth-order valence-electron chi connectivity index (χ4n) is 9.86. The molecule has 3 aromatic heterocycles. The van der Waals surface area contributed by atoms with E-state index in [0.717, 1.165) is 84.6 Å². The minimum atomic E-state index is 0.0105. The van der Waals surface area contributed by atoms with Crippen LogP contribution in [0.5, 0.6) is 0 Å². The predicted octanol–water partition coefficient (Wildman–Crippen LogP) is 15.8. The van der Waals surface area contributed by atoms with Crippen LogP contribution in [0, 0.1) is 0 Å². The van der Waals surface area contributed by atoms with E-state index in [-0.39, 0.29) is 5.92 Å². The molecule has 0 fully saturated rings. The second-order valence-electron chi connectivity index (χ2n) is 17.1. The molecule has 5 heteroatoms. The molecule has 2 aliphatic carbocycles. The maximum Gasteiger partial charge on any atom is 0.163 e. The first-order chi connectivity index (χ1) is 31.6. The summed E-state index contributed by atoms with van der Waals surface area (Å²) in [5, 5.41) is 8.17. The van der Waals surface area contributed by atoms with E-state index in [9.17, 15) is 0 Å². The van der Waals surface area contributed by atoms with Crippen LogP contribution in [0.15, 0.2) is 199 Å². The number of furan rings is 1. The Morgan fingerprint density at radius 1 is 0.500 bits per heavy atom. The van der Waals surface area contributed by atoms with Crippen LogP contribution in [0.2, 0.25) is 0 Å². The molecule has 11 aromatic rings. The summed E-state index contributed by atoms with van der Waals surface area (Å²) in [4.78, 5) is 17.1. The zero-order chi connectivity index (χ0) is 42.1. The molecular formula is C59H39N3OS. The highest BCUT2D eigenvalue weighted by molar-refractivity contribution is 7.20. The molecule has 2 unspecified atom stereocenters. The smallest absolute Gasteiger partial charge is 0.163 e. The summed E-state index contributed by atoms with van der Waals surface area (Å²) < 4.78 is 7.91. The first-order valence-electron chi connectivity index (χ1n) is 22.0. The van der Waals surface area contributed by atoms with Crippen molar-refractivity contribution in [3.05, 3.63) is 222 Å². The number of para-hydroxylation sites is 1. The first kappa shape index (κ1) is 36.9. The molecule has 0 bridgehead atoms. The van der Waals surface area contributed by atoms with Crippen molar-refractivity contribution in [3.8, 4) is 33.9 Å². The van der Waals surface area contributed by atoms with Gasteiger partial charge in [-0.25, -0.2) is 15.0 Å². The Morgan fingerprint density at radius 2 is 1.17 bits per heavy atom. The van der Waals surface area contributed by atoms with Crippen molar-refractivity contribution in [3.63, 3.8) is 0 Å². The Hall–Kier alpha value is -7.73. The number of nitrogens with zero attached hydrogens (tertiary/aromatic N) is 3. The van der Waals surface area contributed by atoms with E-state index in [1.165, 1.54) is 37.0 Å². The topological polar surface area (TPSA) is 51.8 Å². The Bertz CT molecular complexity index is 3760. The van der Waals surface area contributed by atoms with E-state index in [2.05, 4.69) is 194 Å². The lowest BCUT2D eigenvalue weighted by molar-refractivity contribution is 0.669. The molecule has 0 N–H and O–H groups in total. The van der Waals surface area contributed by atoms with Crippen LogP contribution in [0.1, 0.15) is 45.6 Å². The van der Waals surface area contributed by atoms with Crippen molar-refractivity contribution >= 4 is 76.6 Å². The van der Waals surface area contributed by atoms with Gasteiger partial charge in [-0.05, 0) is 122 Å². The van der Waals surface area contributed by atoms with Crippen LogP contribution in [0.25, 0.3) is 99.1 Å². The van der Waals surface area contributed by atoms with E-state index in [1.54, 1.807) is 0 Å². The molecule has 2 aliphatic rings. The molecule has 0 amide bonds. The molecule has 13 rings (SSSR count). The molecule has 4 nitrogen and oxygen atoms in total. The SMILES string of the molecule is C1=CC(c2ccccc2)CC=C1c1cc(-c2ccc3ccc(-c4nc(-c5ccc6ccccc6c5)nc(C5C=Cc6sc7ccccc7c6C5)n4)cc3c2)c2c(c1)oc1ccccc12. The average molecular weight is 838 g/mol. The summed E-state index contributed by atoms with van der Waals surface area (Å²) in [5.41, 5.74) is 11.1. The second-order valence-corrected chi connectivity index (χ2v) is 18.1. The average Bonchev–Trinajstić information content (AvgIpc) is 3.94. The van der Waals surface area contributed by atoms with Gasteiger partial charge in [0.1, 0.15) is 17.0 Å². The van der Waals surface area contributed by atoms with Crippen molar-refractivity contribution in [2.24, 2.45) is 0 Å². The summed E-state index contributed by atoms with van der Waals surface area (Å²) in [5.74, 6) is 2.51. The lowest BCUT2D eigenvalue weighted by Crippen LogP contribution is -2.11. The molecule has 0 radical (unpaired) electrons. The van der Waals surface area contributed by atoms with Crippen molar-refractivity contribution in [2.75, 3.05) is 0 Å². The number of hydrogen-bond acceptors (Lipinski definition) is 5. The molecule has 0 saturated carbocycles. The maximum atomic E-state index is 6.59. The molecule has 2 atom stereocenters. The Morgan fingerprint density at radius 3 is 1.98 bits per heavy atom. The summed E-state index contributed by atoms with van der Waals surface area (Å²) in [6.07, 6.45) is 13.3. The van der Waals surface area contributed by atoms with Gasteiger partial charge in [0.2, 0.25) is 0 Å². The molecule has 0 saturated heterocycles. The van der Waals surface area contributed by atoms with Gasteiger partial charge in [-0.3, -0.25) is 0 Å². The Kier molecular flexibility index (Phi) is 8.63. The maximum absolute atomic E-state index is 6.59. The monoisotopic (exact) mass is 837 g/mol. The van der Waals surface area contributed by atoms with Crippen LogP contribution in [-0.4, -0.2) is 15.0 Å². The lowest BCUT2D eigenvalue weighted by Gasteiger charge is -2.18. The number of thiophene rings is 1. The van der Waals surface area contributed by atoms with Gasteiger partial charge in [0, 0.05) is 43.3 Å². The highest BCUT2D eigenvalue weighted by atomic mass is 32.1. The molecule has 3 heterocycles. The quantitative estimate of drug-likeness (QED) is 0.167. The van der Waals surface area contributed by atoms with Crippen LogP contribution in [0.4, 0.5) is 0 Å². The third kappa shape index (κ3) is 6.39. The fraction of sp³-hybridized carbons (Fsp3) is 0.0678. The third-order valence-corrected chi connectivity index (χ3v) is 14.4. The van der Waals surface area contributed by atoms with Crippen LogP contribution in [-0.2, 0) is 6.42 Å².